The molecule has 1 N–H and O–H groups in total. The van der Waals surface area contributed by atoms with Crippen LogP contribution in [0.15, 0.2) is 53.5 Å². The maximum absolute atomic E-state index is 12.2. The van der Waals surface area contributed by atoms with Crippen molar-refractivity contribution >= 4 is 5.91 Å². The molecule has 0 aliphatic heterocycles. The van der Waals surface area contributed by atoms with Crippen molar-refractivity contribution in [1.29, 1.82) is 0 Å². The van der Waals surface area contributed by atoms with Gasteiger partial charge in [0.05, 0.1) is 6.54 Å². The molecule has 27 heavy (non-hydrogen) atoms. The van der Waals surface area contributed by atoms with Gasteiger partial charge >= 0.3 is 0 Å². The molecule has 1 fully saturated rings. The molecule has 1 amide bonds. The maximum atomic E-state index is 12.2. The number of nitrogens with one attached hydrogen (secondary N) is 1. The summed E-state index contributed by atoms with van der Waals surface area (Å²) < 4.78 is 7.65. The van der Waals surface area contributed by atoms with Crippen molar-refractivity contribution < 1.29 is 9.21 Å². The van der Waals surface area contributed by atoms with Crippen molar-refractivity contribution in [3.05, 3.63) is 71.7 Å². The van der Waals surface area contributed by atoms with Crippen LogP contribution in [0.1, 0.15) is 48.3 Å². The lowest BCUT2D eigenvalue weighted by Gasteiger charge is -2.10. The first-order valence-electron chi connectivity index (χ1n) is 9.43. The number of hydrogen-bond acceptors (Lipinski definition) is 4. The standard InChI is InChI=1S/C21H24N4O2/c1-15-10-19(15)20-8-6-18(27-20)7-9-21(26)23-11-16-4-2-3-5-17(16)12-25-14-22-13-24-25/h2-6,8,13-15,19H,7,9-12H2,1H3,(H,23,26). The highest BCUT2D eigenvalue weighted by Gasteiger charge is 2.36. The molecule has 2 heterocycles. The summed E-state index contributed by atoms with van der Waals surface area (Å²) >= 11 is 0. The number of furan rings is 1. The third-order valence-corrected chi connectivity index (χ3v) is 5.15. The van der Waals surface area contributed by atoms with Gasteiger partial charge in [-0.1, -0.05) is 31.2 Å². The Bertz CT molecular complexity index is 901. The fraction of sp³-hybridized carbons (Fsp3) is 0.381. The van der Waals surface area contributed by atoms with Crippen molar-refractivity contribution in [2.75, 3.05) is 0 Å². The lowest BCUT2D eigenvalue weighted by atomic mass is 10.1. The van der Waals surface area contributed by atoms with E-state index in [1.54, 1.807) is 11.0 Å². The molecule has 2 atom stereocenters. The smallest absolute Gasteiger partial charge is 0.220 e. The number of hydrogen-bond donors (Lipinski definition) is 1. The molecule has 6 nitrogen and oxygen atoms in total. The zero-order valence-corrected chi connectivity index (χ0v) is 15.5. The molecule has 1 aliphatic rings. The van der Waals surface area contributed by atoms with Crippen molar-refractivity contribution in [2.45, 2.75) is 45.2 Å². The largest absolute Gasteiger partial charge is 0.466 e. The highest BCUT2D eigenvalue weighted by Crippen LogP contribution is 2.47. The molecular formula is C21H24N4O2. The second-order valence-corrected chi connectivity index (χ2v) is 7.26. The summed E-state index contributed by atoms with van der Waals surface area (Å²) in [5.41, 5.74) is 2.21. The Balaban J connectivity index is 1.27. The molecule has 6 heteroatoms. The quantitative estimate of drug-likeness (QED) is 0.666. The van der Waals surface area contributed by atoms with Crippen LogP contribution < -0.4 is 5.32 Å². The molecule has 2 unspecified atom stereocenters. The molecule has 0 saturated heterocycles. The minimum absolute atomic E-state index is 0.0308. The van der Waals surface area contributed by atoms with Gasteiger partial charge in [-0.05, 0) is 35.6 Å². The van der Waals surface area contributed by atoms with Gasteiger partial charge in [0.2, 0.25) is 5.91 Å². The van der Waals surface area contributed by atoms with Crippen LogP contribution in [0.3, 0.4) is 0 Å². The molecule has 1 saturated carbocycles. The summed E-state index contributed by atoms with van der Waals surface area (Å²) in [5, 5.41) is 7.15. The van der Waals surface area contributed by atoms with E-state index in [0.29, 0.717) is 31.8 Å². The topological polar surface area (TPSA) is 73.0 Å². The van der Waals surface area contributed by atoms with Crippen molar-refractivity contribution in [3.8, 4) is 0 Å². The van der Waals surface area contributed by atoms with E-state index < -0.39 is 0 Å². The van der Waals surface area contributed by atoms with Crippen LogP contribution in [0.25, 0.3) is 0 Å². The zero-order chi connectivity index (χ0) is 18.6. The SMILES string of the molecule is CC1CC1c1ccc(CCC(=O)NCc2ccccc2Cn2cncn2)o1. The first-order valence-corrected chi connectivity index (χ1v) is 9.43. The van der Waals surface area contributed by atoms with Gasteiger partial charge in [-0.3, -0.25) is 4.79 Å². The highest BCUT2D eigenvalue weighted by atomic mass is 16.3. The molecule has 1 aliphatic carbocycles. The molecule has 2 aromatic heterocycles. The molecule has 3 aromatic rings. The summed E-state index contributed by atoms with van der Waals surface area (Å²) in [6, 6.07) is 12.1. The number of carbonyl (C=O) groups is 1. The number of nitrogens with zero attached hydrogens (tertiary/aromatic N) is 3. The zero-order valence-electron chi connectivity index (χ0n) is 15.5. The number of aromatic nitrogens is 3. The van der Waals surface area contributed by atoms with E-state index in [9.17, 15) is 4.79 Å². The van der Waals surface area contributed by atoms with Crippen LogP contribution in [-0.4, -0.2) is 20.7 Å². The van der Waals surface area contributed by atoms with E-state index in [1.807, 2.05) is 30.3 Å². The second kappa shape index (κ2) is 7.78. The second-order valence-electron chi connectivity index (χ2n) is 7.26. The molecule has 140 valence electrons. The Morgan fingerprint density at radius 1 is 1.26 bits per heavy atom. The van der Waals surface area contributed by atoms with E-state index in [0.717, 1.165) is 28.6 Å². The highest BCUT2D eigenvalue weighted by molar-refractivity contribution is 5.76. The fourth-order valence-electron chi connectivity index (χ4n) is 3.34. The first-order chi connectivity index (χ1) is 13.2. The number of aryl methyl sites for hydroxylation is 1. The summed E-state index contributed by atoms with van der Waals surface area (Å²) in [7, 11) is 0. The maximum Gasteiger partial charge on any atom is 0.220 e. The fourth-order valence-corrected chi connectivity index (χ4v) is 3.34. The lowest BCUT2D eigenvalue weighted by molar-refractivity contribution is -0.121. The van der Waals surface area contributed by atoms with Gasteiger partial charge < -0.3 is 9.73 Å². The van der Waals surface area contributed by atoms with Gasteiger partial charge in [-0.25, -0.2) is 9.67 Å². The van der Waals surface area contributed by atoms with Gasteiger partial charge in [-0.15, -0.1) is 0 Å². The van der Waals surface area contributed by atoms with Crippen LogP contribution in [-0.2, 0) is 24.3 Å². The van der Waals surface area contributed by atoms with Gasteiger partial charge in [0.25, 0.3) is 0 Å². The Morgan fingerprint density at radius 3 is 2.81 bits per heavy atom. The first kappa shape index (κ1) is 17.5. The van der Waals surface area contributed by atoms with Crippen LogP contribution in [0, 0.1) is 5.92 Å². The number of amides is 1. The monoisotopic (exact) mass is 364 g/mol. The lowest BCUT2D eigenvalue weighted by Crippen LogP contribution is -2.23. The summed E-state index contributed by atoms with van der Waals surface area (Å²) in [4.78, 5) is 16.2. The van der Waals surface area contributed by atoms with Gasteiger partial charge in [0.1, 0.15) is 24.2 Å². The van der Waals surface area contributed by atoms with Crippen LogP contribution in [0.2, 0.25) is 0 Å². The Labute approximate surface area is 158 Å². The molecule has 0 spiro atoms. The van der Waals surface area contributed by atoms with Crippen LogP contribution >= 0.6 is 0 Å². The van der Waals surface area contributed by atoms with E-state index in [4.69, 9.17) is 4.42 Å². The average molecular weight is 364 g/mol. The van der Waals surface area contributed by atoms with Gasteiger partial charge in [0.15, 0.2) is 0 Å². The van der Waals surface area contributed by atoms with Crippen molar-refractivity contribution in [3.63, 3.8) is 0 Å². The van der Waals surface area contributed by atoms with Crippen LogP contribution in [0.4, 0.5) is 0 Å². The Hall–Kier alpha value is -2.89. The van der Waals surface area contributed by atoms with E-state index in [2.05, 4.69) is 28.4 Å². The minimum Gasteiger partial charge on any atom is -0.466 e. The molecule has 0 bridgehead atoms. The minimum atomic E-state index is 0.0308. The Morgan fingerprint density at radius 2 is 2.07 bits per heavy atom. The average Bonchev–Trinajstić information content (AvgIpc) is 3.07. The Kier molecular flexibility index (Phi) is 5.05. The van der Waals surface area contributed by atoms with Gasteiger partial charge in [-0.2, -0.15) is 5.10 Å². The normalized spacial score (nSPS) is 18.4. The predicted octanol–water partition coefficient (Wildman–Crippen LogP) is 3.29. The molecule has 1 aromatic carbocycles. The summed E-state index contributed by atoms with van der Waals surface area (Å²) in [5.74, 6) is 3.30. The van der Waals surface area contributed by atoms with Crippen LogP contribution in [0.5, 0.6) is 0 Å². The van der Waals surface area contributed by atoms with E-state index >= 15 is 0 Å². The van der Waals surface area contributed by atoms with Crippen molar-refractivity contribution in [1.82, 2.24) is 20.1 Å². The molecular weight excluding hydrogens is 340 g/mol. The predicted molar refractivity (Wildman–Crippen MR) is 101 cm³/mol. The van der Waals surface area contributed by atoms with Gasteiger partial charge in [0, 0.05) is 25.3 Å². The van der Waals surface area contributed by atoms with E-state index in [1.165, 1.54) is 12.7 Å². The van der Waals surface area contributed by atoms with Crippen molar-refractivity contribution in [2.24, 2.45) is 5.92 Å². The van der Waals surface area contributed by atoms with E-state index in [-0.39, 0.29) is 5.91 Å². The third kappa shape index (κ3) is 4.45. The molecule has 4 rings (SSSR count). The number of benzene rings is 1. The number of carbonyl (C=O) groups excluding carboxylic acids is 1. The summed E-state index contributed by atoms with van der Waals surface area (Å²) in [6.07, 6.45) is 5.48. The summed E-state index contributed by atoms with van der Waals surface area (Å²) in [6.45, 7) is 3.38. The molecule has 0 radical (unpaired) electrons. The third-order valence-electron chi connectivity index (χ3n) is 5.15. The number of rotatable bonds is 8.